The number of aliphatic hydroxyl groups excluding tert-OH is 2. The van der Waals surface area contributed by atoms with E-state index in [1.807, 2.05) is 36.4 Å². The summed E-state index contributed by atoms with van der Waals surface area (Å²) in [6.45, 7) is 5.70. The summed E-state index contributed by atoms with van der Waals surface area (Å²) in [6, 6.07) is 17.0. The number of ether oxygens (including phenoxy) is 1. The van der Waals surface area contributed by atoms with Gasteiger partial charge in [-0.25, -0.2) is 0 Å². The van der Waals surface area contributed by atoms with E-state index in [1.54, 1.807) is 31.3 Å². The van der Waals surface area contributed by atoms with Crippen LogP contribution in [0, 0.1) is 0 Å². The summed E-state index contributed by atoms with van der Waals surface area (Å²) in [5.41, 5.74) is 2.06. The molecule has 2 heterocycles. The summed E-state index contributed by atoms with van der Waals surface area (Å²) in [7, 11) is 0. The van der Waals surface area contributed by atoms with E-state index in [1.165, 1.54) is 0 Å². The molecule has 0 radical (unpaired) electrons. The van der Waals surface area contributed by atoms with Crippen LogP contribution in [0.2, 0.25) is 10.0 Å². The molecule has 0 saturated carbocycles. The van der Waals surface area contributed by atoms with Gasteiger partial charge in [-0.3, -0.25) is 9.88 Å². The largest absolute Gasteiger partial charge is 0.491 e. The second-order valence-corrected chi connectivity index (χ2v) is 10.5. The maximum absolute atomic E-state index is 11.4. The lowest BCUT2D eigenvalue weighted by atomic mass is 9.95. The number of nitrogens with zero attached hydrogens (tertiary/aromatic N) is 3. The highest BCUT2D eigenvalue weighted by atomic mass is 35.5. The third kappa shape index (κ3) is 6.55. The summed E-state index contributed by atoms with van der Waals surface area (Å²) in [5.74, 6) is 0.605. The fourth-order valence-corrected chi connectivity index (χ4v) is 5.36. The fraction of sp³-hybridized carbons (Fsp3) is 0.393. The standard InChI is InChI=1S/C28H33Cl2N3O4/c1-19-15-32(18-28(2,36)27-10-3-20(17-35)14-31-27)16-26(21-4-6-22(29)7-5-21)33(19)25-9-8-23(13-24(25)30)37-12-11-34/h3-10,13-14,19,26,34-36H,11-12,15-18H2,1-2H3/t19-,26-,28+/m0/s1. The average molecular weight is 546 g/mol. The summed E-state index contributed by atoms with van der Waals surface area (Å²) in [6.07, 6.45) is 1.59. The van der Waals surface area contributed by atoms with Gasteiger partial charge in [-0.1, -0.05) is 41.4 Å². The molecule has 0 unspecified atom stereocenters. The smallest absolute Gasteiger partial charge is 0.121 e. The van der Waals surface area contributed by atoms with E-state index < -0.39 is 5.60 Å². The van der Waals surface area contributed by atoms with Crippen LogP contribution in [0.4, 0.5) is 5.69 Å². The van der Waals surface area contributed by atoms with Crippen molar-refractivity contribution in [1.29, 1.82) is 0 Å². The van der Waals surface area contributed by atoms with E-state index in [2.05, 4.69) is 21.7 Å². The first-order valence-electron chi connectivity index (χ1n) is 12.3. The van der Waals surface area contributed by atoms with Crippen molar-refractivity contribution in [2.75, 3.05) is 37.7 Å². The van der Waals surface area contributed by atoms with Crippen LogP contribution < -0.4 is 9.64 Å². The van der Waals surface area contributed by atoms with E-state index >= 15 is 0 Å². The lowest BCUT2D eigenvalue weighted by Gasteiger charge is -2.49. The molecule has 0 bridgehead atoms. The minimum Gasteiger partial charge on any atom is -0.491 e. The van der Waals surface area contributed by atoms with Gasteiger partial charge in [0.15, 0.2) is 0 Å². The molecule has 3 atom stereocenters. The van der Waals surface area contributed by atoms with Crippen molar-refractivity contribution in [2.24, 2.45) is 0 Å². The summed E-state index contributed by atoms with van der Waals surface area (Å²) in [5, 5.41) is 31.0. The highest BCUT2D eigenvalue weighted by Crippen LogP contribution is 2.40. The maximum atomic E-state index is 11.4. The van der Waals surface area contributed by atoms with Gasteiger partial charge in [0.2, 0.25) is 0 Å². The molecule has 4 rings (SSSR count). The molecule has 3 N–H and O–H groups in total. The molecule has 2 aromatic carbocycles. The van der Waals surface area contributed by atoms with Gasteiger partial charge in [0.05, 0.1) is 35.7 Å². The van der Waals surface area contributed by atoms with Gasteiger partial charge in [0.25, 0.3) is 0 Å². The molecule has 1 saturated heterocycles. The summed E-state index contributed by atoms with van der Waals surface area (Å²) < 4.78 is 5.53. The molecule has 3 aromatic rings. The SMILES string of the molecule is C[C@H]1CN(C[C@@](C)(O)c2ccc(CO)cn2)C[C@@H](c2ccc(Cl)cc2)N1c1ccc(OCCO)cc1Cl. The topological polar surface area (TPSA) is 89.3 Å². The Hall–Kier alpha value is -2.39. The molecular weight excluding hydrogens is 513 g/mol. The average Bonchev–Trinajstić information content (AvgIpc) is 2.88. The lowest BCUT2D eigenvalue weighted by molar-refractivity contribution is 0.00294. The van der Waals surface area contributed by atoms with Gasteiger partial charge >= 0.3 is 0 Å². The van der Waals surface area contributed by atoms with Crippen LogP contribution in [0.5, 0.6) is 5.75 Å². The molecule has 1 aliphatic rings. The number of aromatic nitrogens is 1. The fourth-order valence-electron chi connectivity index (χ4n) is 4.96. The number of piperazine rings is 1. The van der Waals surface area contributed by atoms with E-state index in [0.717, 1.165) is 11.3 Å². The number of anilines is 1. The van der Waals surface area contributed by atoms with Gasteiger partial charge < -0.3 is 25.0 Å². The second-order valence-electron chi connectivity index (χ2n) is 9.69. The maximum Gasteiger partial charge on any atom is 0.121 e. The molecule has 1 aromatic heterocycles. The Morgan fingerprint density at radius 2 is 1.81 bits per heavy atom. The number of β-amino-alcohol motifs (C(OH)–C–C–N with tert-alkyl or cyclic N) is 1. The highest BCUT2D eigenvalue weighted by Gasteiger charge is 2.37. The van der Waals surface area contributed by atoms with Crippen LogP contribution in [0.3, 0.4) is 0 Å². The number of aliphatic hydroxyl groups is 3. The van der Waals surface area contributed by atoms with Crippen molar-refractivity contribution in [2.45, 2.75) is 38.1 Å². The van der Waals surface area contributed by atoms with Crippen molar-refractivity contribution < 1.29 is 20.1 Å². The van der Waals surface area contributed by atoms with Crippen molar-refractivity contribution in [3.8, 4) is 5.75 Å². The summed E-state index contributed by atoms with van der Waals surface area (Å²) in [4.78, 5) is 8.94. The van der Waals surface area contributed by atoms with Crippen LogP contribution in [0.15, 0.2) is 60.8 Å². The molecule has 0 spiro atoms. The van der Waals surface area contributed by atoms with Crippen LogP contribution >= 0.6 is 23.2 Å². The van der Waals surface area contributed by atoms with Crippen LogP contribution in [-0.4, -0.2) is 64.1 Å². The van der Waals surface area contributed by atoms with Gasteiger partial charge in [0, 0.05) is 43.0 Å². The molecular formula is C28H33Cl2N3O4. The van der Waals surface area contributed by atoms with Crippen LogP contribution in [-0.2, 0) is 12.2 Å². The minimum absolute atomic E-state index is 0.0525. The minimum atomic E-state index is -1.18. The third-order valence-corrected chi connectivity index (χ3v) is 7.22. The van der Waals surface area contributed by atoms with E-state index in [0.29, 0.717) is 46.7 Å². The van der Waals surface area contributed by atoms with Crippen molar-refractivity contribution in [3.63, 3.8) is 0 Å². The zero-order chi connectivity index (χ0) is 26.6. The lowest BCUT2D eigenvalue weighted by Crippen LogP contribution is -2.56. The number of hydrogen-bond donors (Lipinski definition) is 3. The Labute approximate surface area is 227 Å². The van der Waals surface area contributed by atoms with Gasteiger partial charge in [-0.2, -0.15) is 0 Å². The highest BCUT2D eigenvalue weighted by molar-refractivity contribution is 6.33. The Bertz CT molecular complexity index is 1180. The molecule has 9 heteroatoms. The van der Waals surface area contributed by atoms with Crippen molar-refractivity contribution in [3.05, 3.63) is 87.7 Å². The molecule has 0 aliphatic carbocycles. The molecule has 0 amide bonds. The molecule has 1 aliphatic heterocycles. The quantitative estimate of drug-likeness (QED) is 0.367. The molecule has 198 valence electrons. The molecule has 1 fully saturated rings. The van der Waals surface area contributed by atoms with Gasteiger partial charge in [0.1, 0.15) is 18.0 Å². The Morgan fingerprint density at radius 3 is 2.43 bits per heavy atom. The normalized spacial score (nSPS) is 20.0. The van der Waals surface area contributed by atoms with E-state index in [4.69, 9.17) is 33.0 Å². The zero-order valence-electron chi connectivity index (χ0n) is 21.0. The van der Waals surface area contributed by atoms with Crippen LogP contribution in [0.1, 0.15) is 36.7 Å². The van der Waals surface area contributed by atoms with E-state index in [9.17, 15) is 10.2 Å². The summed E-state index contributed by atoms with van der Waals surface area (Å²) >= 11 is 12.9. The number of halogens is 2. The number of hydrogen-bond acceptors (Lipinski definition) is 7. The molecule has 37 heavy (non-hydrogen) atoms. The van der Waals surface area contributed by atoms with E-state index in [-0.39, 0.29) is 31.9 Å². The number of rotatable bonds is 9. The van der Waals surface area contributed by atoms with Crippen LogP contribution in [0.25, 0.3) is 0 Å². The monoisotopic (exact) mass is 545 g/mol. The number of benzene rings is 2. The Morgan fingerprint density at radius 1 is 1.05 bits per heavy atom. The first-order chi connectivity index (χ1) is 17.7. The Balaban J connectivity index is 1.62. The first-order valence-corrected chi connectivity index (χ1v) is 13.1. The van der Waals surface area contributed by atoms with Gasteiger partial charge in [-0.15, -0.1) is 0 Å². The third-order valence-electron chi connectivity index (χ3n) is 6.67. The predicted octanol–water partition coefficient (Wildman–Crippen LogP) is 4.41. The second kappa shape index (κ2) is 12.0. The van der Waals surface area contributed by atoms with Gasteiger partial charge in [-0.05, 0) is 55.3 Å². The van der Waals surface area contributed by atoms with Crippen molar-refractivity contribution >= 4 is 28.9 Å². The Kier molecular flexibility index (Phi) is 8.95. The van der Waals surface area contributed by atoms with Crippen molar-refractivity contribution in [1.82, 2.24) is 9.88 Å². The predicted molar refractivity (Wildman–Crippen MR) is 146 cm³/mol. The zero-order valence-corrected chi connectivity index (χ0v) is 22.5. The molecule has 7 nitrogen and oxygen atoms in total. The number of pyridine rings is 1. The first kappa shape index (κ1) is 27.6.